The molecule has 0 radical (unpaired) electrons. The minimum atomic E-state index is -0.504. The highest BCUT2D eigenvalue weighted by Gasteiger charge is 2.20. The fourth-order valence-corrected chi connectivity index (χ4v) is 3.13. The van der Waals surface area contributed by atoms with E-state index in [1.807, 2.05) is 0 Å². The zero-order valence-corrected chi connectivity index (χ0v) is 14.2. The van der Waals surface area contributed by atoms with Gasteiger partial charge in [0.15, 0.2) is 0 Å². The molecule has 1 amide bonds. The Kier molecular flexibility index (Phi) is 4.84. The van der Waals surface area contributed by atoms with Gasteiger partial charge in [-0.2, -0.15) is 0 Å². The number of benzene rings is 1. The summed E-state index contributed by atoms with van der Waals surface area (Å²) >= 11 is 3.25. The molecule has 2 aromatic rings. The number of nitrogens with one attached hydrogen (secondary N) is 1. The summed E-state index contributed by atoms with van der Waals surface area (Å²) in [7, 11) is 1.29. The molecule has 1 aromatic carbocycles. The number of esters is 1. The number of ether oxygens (including phenoxy) is 1. The quantitative estimate of drug-likeness (QED) is 0.593. The van der Waals surface area contributed by atoms with Gasteiger partial charge in [-0.1, -0.05) is 0 Å². The molecule has 0 aliphatic carbocycles. The first kappa shape index (κ1) is 15.8. The van der Waals surface area contributed by atoms with E-state index in [9.17, 15) is 14.7 Å². The molecule has 21 heavy (non-hydrogen) atoms. The smallest absolute Gasteiger partial charge is 0.350 e. The summed E-state index contributed by atoms with van der Waals surface area (Å²) in [6, 6.07) is 4.73. The second kappa shape index (κ2) is 6.44. The number of carbonyl (C=O) groups is 2. The molecule has 0 unspecified atom stereocenters. The molecule has 1 heterocycles. The summed E-state index contributed by atoms with van der Waals surface area (Å²) in [4.78, 5) is 24.3. The lowest BCUT2D eigenvalue weighted by molar-refractivity contribution is 0.0607. The van der Waals surface area contributed by atoms with Crippen LogP contribution in [0.25, 0.3) is 0 Å². The van der Waals surface area contributed by atoms with Crippen LogP contribution in [-0.2, 0) is 4.74 Å². The SMILES string of the molecule is COC(=O)c1scc(C)c1NC(=O)c1cc(I)ccc1O. The van der Waals surface area contributed by atoms with Gasteiger partial charge in [0.1, 0.15) is 10.6 Å². The molecule has 0 bridgehead atoms. The predicted octanol–water partition coefficient (Wildman–Crippen LogP) is 3.41. The van der Waals surface area contributed by atoms with Crippen LogP contribution in [0.5, 0.6) is 5.75 Å². The van der Waals surface area contributed by atoms with E-state index in [1.165, 1.54) is 24.5 Å². The number of halogens is 1. The first-order chi connectivity index (χ1) is 9.93. The van der Waals surface area contributed by atoms with Crippen molar-refractivity contribution < 1.29 is 19.4 Å². The van der Waals surface area contributed by atoms with Gasteiger partial charge in [-0.25, -0.2) is 4.79 Å². The monoisotopic (exact) mass is 417 g/mol. The number of anilines is 1. The molecule has 0 spiro atoms. The number of aryl methyl sites for hydroxylation is 1. The van der Waals surface area contributed by atoms with Crippen LogP contribution in [0.2, 0.25) is 0 Å². The van der Waals surface area contributed by atoms with E-state index < -0.39 is 11.9 Å². The van der Waals surface area contributed by atoms with Crippen molar-refractivity contribution in [3.8, 4) is 5.75 Å². The Bertz CT molecular complexity index is 711. The van der Waals surface area contributed by atoms with Crippen LogP contribution in [0.3, 0.4) is 0 Å². The molecule has 0 atom stereocenters. The van der Waals surface area contributed by atoms with E-state index >= 15 is 0 Å². The molecular weight excluding hydrogens is 405 g/mol. The molecule has 7 heteroatoms. The highest BCUT2D eigenvalue weighted by molar-refractivity contribution is 14.1. The van der Waals surface area contributed by atoms with Crippen molar-refractivity contribution in [1.29, 1.82) is 0 Å². The lowest BCUT2D eigenvalue weighted by Gasteiger charge is -2.09. The van der Waals surface area contributed by atoms with Crippen LogP contribution >= 0.6 is 33.9 Å². The fraction of sp³-hybridized carbons (Fsp3) is 0.143. The predicted molar refractivity (Wildman–Crippen MR) is 89.2 cm³/mol. The Labute approximate surface area is 139 Å². The summed E-state index contributed by atoms with van der Waals surface area (Å²) in [5, 5.41) is 14.2. The molecule has 0 aliphatic heterocycles. The number of hydrogen-bond acceptors (Lipinski definition) is 5. The van der Waals surface area contributed by atoms with Gasteiger partial charge in [-0.05, 0) is 58.7 Å². The second-order valence-corrected chi connectivity index (χ2v) is 6.36. The molecule has 1 aromatic heterocycles. The highest BCUT2D eigenvalue weighted by atomic mass is 127. The Morgan fingerprint density at radius 3 is 2.76 bits per heavy atom. The van der Waals surface area contributed by atoms with E-state index in [2.05, 4.69) is 32.6 Å². The third-order valence-corrected chi connectivity index (χ3v) is 4.54. The average molecular weight is 417 g/mol. The molecule has 0 fully saturated rings. The van der Waals surface area contributed by atoms with Crippen molar-refractivity contribution in [3.63, 3.8) is 0 Å². The Morgan fingerprint density at radius 2 is 2.10 bits per heavy atom. The van der Waals surface area contributed by atoms with Crippen LogP contribution in [-0.4, -0.2) is 24.1 Å². The van der Waals surface area contributed by atoms with E-state index in [1.54, 1.807) is 24.4 Å². The first-order valence-electron chi connectivity index (χ1n) is 5.90. The number of hydrogen-bond donors (Lipinski definition) is 2. The number of phenolic OH excluding ortho intramolecular Hbond substituents is 1. The number of phenols is 1. The van der Waals surface area contributed by atoms with Crippen molar-refractivity contribution in [1.82, 2.24) is 0 Å². The Hall–Kier alpha value is -1.61. The number of methoxy groups -OCH3 is 1. The summed E-state index contributed by atoms with van der Waals surface area (Å²) < 4.78 is 5.51. The Morgan fingerprint density at radius 1 is 1.38 bits per heavy atom. The zero-order valence-electron chi connectivity index (χ0n) is 11.3. The van der Waals surface area contributed by atoms with Crippen LogP contribution in [0.15, 0.2) is 23.6 Å². The fourth-order valence-electron chi connectivity index (χ4n) is 1.71. The third kappa shape index (κ3) is 3.35. The number of thiophene rings is 1. The van der Waals surface area contributed by atoms with E-state index in [0.29, 0.717) is 10.6 Å². The largest absolute Gasteiger partial charge is 0.507 e. The number of amides is 1. The third-order valence-electron chi connectivity index (χ3n) is 2.79. The first-order valence-corrected chi connectivity index (χ1v) is 7.86. The minimum absolute atomic E-state index is 0.111. The summed E-state index contributed by atoms with van der Waals surface area (Å²) in [5.41, 5.74) is 1.33. The van der Waals surface area contributed by atoms with Crippen LogP contribution < -0.4 is 5.32 Å². The maximum atomic E-state index is 12.3. The van der Waals surface area contributed by atoms with Crippen molar-refractivity contribution in [2.24, 2.45) is 0 Å². The molecule has 2 rings (SSSR count). The molecule has 0 saturated heterocycles. The molecule has 5 nitrogen and oxygen atoms in total. The summed E-state index contributed by atoms with van der Waals surface area (Å²) in [6.45, 7) is 1.78. The topological polar surface area (TPSA) is 75.6 Å². The molecule has 0 aliphatic rings. The van der Waals surface area contributed by atoms with Gasteiger partial charge < -0.3 is 15.2 Å². The maximum absolute atomic E-state index is 12.3. The Balaban J connectivity index is 2.34. The van der Waals surface area contributed by atoms with Crippen LogP contribution in [0, 0.1) is 10.5 Å². The van der Waals surface area contributed by atoms with E-state index in [-0.39, 0.29) is 11.3 Å². The highest BCUT2D eigenvalue weighted by Crippen LogP contribution is 2.29. The normalized spacial score (nSPS) is 10.2. The van der Waals surface area contributed by atoms with Gasteiger partial charge in [0.2, 0.25) is 0 Å². The van der Waals surface area contributed by atoms with Gasteiger partial charge >= 0.3 is 5.97 Å². The molecule has 110 valence electrons. The lowest BCUT2D eigenvalue weighted by atomic mass is 10.1. The maximum Gasteiger partial charge on any atom is 0.350 e. The molecule has 0 saturated carbocycles. The molecule has 2 N–H and O–H groups in total. The molecular formula is C14H12INO4S. The number of rotatable bonds is 3. The van der Waals surface area contributed by atoms with E-state index in [0.717, 1.165) is 9.13 Å². The van der Waals surface area contributed by atoms with Gasteiger partial charge in [-0.15, -0.1) is 11.3 Å². The average Bonchev–Trinajstić information content (AvgIpc) is 2.82. The van der Waals surface area contributed by atoms with Crippen LogP contribution in [0.4, 0.5) is 5.69 Å². The lowest BCUT2D eigenvalue weighted by Crippen LogP contribution is -2.15. The number of aromatic hydroxyl groups is 1. The van der Waals surface area contributed by atoms with Gasteiger partial charge in [0.25, 0.3) is 5.91 Å². The number of carbonyl (C=O) groups excluding carboxylic acids is 2. The zero-order chi connectivity index (χ0) is 15.6. The van der Waals surface area contributed by atoms with Gasteiger partial charge in [-0.3, -0.25) is 4.79 Å². The van der Waals surface area contributed by atoms with Crippen molar-refractivity contribution in [2.45, 2.75) is 6.92 Å². The standard InChI is InChI=1S/C14H12INO4S/c1-7-6-21-12(14(19)20-2)11(7)16-13(18)9-5-8(15)3-4-10(9)17/h3-6,17H,1-2H3,(H,16,18). The summed E-state index contributed by atoms with van der Waals surface area (Å²) in [6.07, 6.45) is 0. The van der Waals surface area contributed by atoms with E-state index in [4.69, 9.17) is 0 Å². The van der Waals surface area contributed by atoms with Gasteiger partial charge in [0.05, 0.1) is 18.4 Å². The second-order valence-electron chi connectivity index (χ2n) is 4.23. The van der Waals surface area contributed by atoms with Gasteiger partial charge in [0, 0.05) is 3.57 Å². The van der Waals surface area contributed by atoms with Crippen molar-refractivity contribution in [2.75, 3.05) is 12.4 Å². The van der Waals surface area contributed by atoms with Crippen LogP contribution in [0.1, 0.15) is 25.6 Å². The minimum Gasteiger partial charge on any atom is -0.507 e. The van der Waals surface area contributed by atoms with Crippen molar-refractivity contribution in [3.05, 3.63) is 43.2 Å². The van der Waals surface area contributed by atoms with Crippen molar-refractivity contribution >= 4 is 51.5 Å². The summed E-state index contributed by atoms with van der Waals surface area (Å²) in [5.74, 6) is -1.09.